The third kappa shape index (κ3) is 2.67. The van der Waals surface area contributed by atoms with Gasteiger partial charge in [0.25, 0.3) is 0 Å². The molecule has 2 unspecified atom stereocenters. The Kier molecular flexibility index (Phi) is 3.48. The predicted molar refractivity (Wildman–Crippen MR) is 64.2 cm³/mol. The zero-order valence-corrected chi connectivity index (χ0v) is 9.98. The Morgan fingerprint density at radius 2 is 1.94 bits per heavy atom. The molecule has 2 rings (SSSR count). The van der Waals surface area contributed by atoms with E-state index < -0.39 is 11.9 Å². The minimum Gasteiger partial charge on any atom is -0.481 e. The number of carbonyl (C=O) groups is 2. The average molecular weight is 253 g/mol. The molecule has 90 valence electrons. The average Bonchev–Trinajstić information content (AvgIpc) is 2.29. The fourth-order valence-corrected chi connectivity index (χ4v) is 2.49. The van der Waals surface area contributed by atoms with Crippen LogP contribution in [-0.4, -0.2) is 16.9 Å². The Balaban J connectivity index is 2.28. The zero-order valence-electron chi connectivity index (χ0n) is 9.23. The van der Waals surface area contributed by atoms with E-state index in [1.165, 1.54) is 0 Å². The highest BCUT2D eigenvalue weighted by Crippen LogP contribution is 2.36. The molecule has 1 N–H and O–H groups in total. The van der Waals surface area contributed by atoms with Crippen molar-refractivity contribution in [3.63, 3.8) is 0 Å². The number of ketones is 1. The van der Waals surface area contributed by atoms with Crippen LogP contribution in [0.3, 0.4) is 0 Å². The number of halogens is 1. The first-order chi connectivity index (χ1) is 8.08. The van der Waals surface area contributed by atoms with Crippen LogP contribution >= 0.6 is 11.6 Å². The SMILES string of the molecule is O=C1CCC(C(=O)O)C(c2ccc(Cl)cc2)C1. The largest absolute Gasteiger partial charge is 0.481 e. The molecule has 1 aliphatic carbocycles. The number of hydrogen-bond donors (Lipinski definition) is 1. The van der Waals surface area contributed by atoms with Gasteiger partial charge in [-0.1, -0.05) is 23.7 Å². The van der Waals surface area contributed by atoms with Crippen molar-refractivity contribution in [2.24, 2.45) is 5.92 Å². The van der Waals surface area contributed by atoms with Gasteiger partial charge in [0.05, 0.1) is 5.92 Å². The van der Waals surface area contributed by atoms with E-state index in [4.69, 9.17) is 11.6 Å². The molecular formula is C13H13ClO3. The smallest absolute Gasteiger partial charge is 0.307 e. The van der Waals surface area contributed by atoms with Crippen LogP contribution in [0.5, 0.6) is 0 Å². The molecule has 1 fully saturated rings. The summed E-state index contributed by atoms with van der Waals surface area (Å²) in [6.45, 7) is 0. The van der Waals surface area contributed by atoms with Crippen LogP contribution in [0.25, 0.3) is 0 Å². The maximum Gasteiger partial charge on any atom is 0.307 e. The van der Waals surface area contributed by atoms with Gasteiger partial charge < -0.3 is 5.11 Å². The quantitative estimate of drug-likeness (QED) is 0.881. The summed E-state index contributed by atoms with van der Waals surface area (Å²) in [5.74, 6) is -1.36. The van der Waals surface area contributed by atoms with Crippen molar-refractivity contribution in [2.45, 2.75) is 25.2 Å². The van der Waals surface area contributed by atoms with Gasteiger partial charge in [-0.2, -0.15) is 0 Å². The number of aliphatic carboxylic acids is 1. The Morgan fingerprint density at radius 3 is 2.53 bits per heavy atom. The monoisotopic (exact) mass is 252 g/mol. The Labute approximate surface area is 104 Å². The molecule has 4 heteroatoms. The molecule has 0 amide bonds. The van der Waals surface area contributed by atoms with Crippen molar-refractivity contribution in [3.05, 3.63) is 34.9 Å². The van der Waals surface area contributed by atoms with E-state index in [2.05, 4.69) is 0 Å². The first-order valence-electron chi connectivity index (χ1n) is 5.58. The summed E-state index contributed by atoms with van der Waals surface area (Å²) in [5, 5.41) is 9.79. The van der Waals surface area contributed by atoms with Gasteiger partial charge in [-0.15, -0.1) is 0 Å². The number of carboxylic acid groups (broad SMARTS) is 1. The summed E-state index contributed by atoms with van der Waals surface area (Å²) >= 11 is 5.79. The Bertz CT molecular complexity index is 438. The molecule has 0 radical (unpaired) electrons. The minimum absolute atomic E-state index is 0.141. The van der Waals surface area contributed by atoms with Gasteiger partial charge >= 0.3 is 5.97 Å². The van der Waals surface area contributed by atoms with Crippen molar-refractivity contribution in [1.29, 1.82) is 0 Å². The van der Waals surface area contributed by atoms with Crippen LogP contribution in [0, 0.1) is 5.92 Å². The Hall–Kier alpha value is -1.35. The highest BCUT2D eigenvalue weighted by molar-refractivity contribution is 6.30. The van der Waals surface area contributed by atoms with E-state index in [9.17, 15) is 14.7 Å². The number of rotatable bonds is 2. The summed E-state index contributed by atoms with van der Waals surface area (Å²) in [4.78, 5) is 22.6. The van der Waals surface area contributed by atoms with Crippen molar-refractivity contribution >= 4 is 23.4 Å². The van der Waals surface area contributed by atoms with Gasteiger partial charge in [-0.3, -0.25) is 9.59 Å². The number of carboxylic acids is 1. The molecule has 0 heterocycles. The molecule has 2 atom stereocenters. The summed E-state index contributed by atoms with van der Waals surface area (Å²) < 4.78 is 0. The summed E-state index contributed by atoms with van der Waals surface area (Å²) in [7, 11) is 0. The molecule has 0 aliphatic heterocycles. The number of benzene rings is 1. The van der Waals surface area contributed by atoms with Crippen molar-refractivity contribution < 1.29 is 14.7 Å². The van der Waals surface area contributed by atoms with Gasteiger partial charge in [0, 0.05) is 23.8 Å². The van der Waals surface area contributed by atoms with Crippen LogP contribution in [0.4, 0.5) is 0 Å². The summed E-state index contributed by atoms with van der Waals surface area (Å²) in [6, 6.07) is 7.08. The first kappa shape index (κ1) is 12.1. The van der Waals surface area contributed by atoms with E-state index in [-0.39, 0.29) is 11.7 Å². The van der Waals surface area contributed by atoms with Crippen LogP contribution in [0.1, 0.15) is 30.7 Å². The van der Waals surface area contributed by atoms with Gasteiger partial charge in [-0.05, 0) is 24.1 Å². The molecule has 3 nitrogen and oxygen atoms in total. The molecule has 1 aromatic rings. The molecule has 1 aromatic carbocycles. The molecule has 0 bridgehead atoms. The molecule has 0 saturated heterocycles. The second-order valence-corrected chi connectivity index (χ2v) is 4.82. The fraction of sp³-hybridized carbons (Fsp3) is 0.385. The lowest BCUT2D eigenvalue weighted by Crippen LogP contribution is -2.29. The highest BCUT2D eigenvalue weighted by atomic mass is 35.5. The molecule has 1 aliphatic rings. The third-order valence-corrected chi connectivity index (χ3v) is 3.53. The highest BCUT2D eigenvalue weighted by Gasteiger charge is 2.35. The van der Waals surface area contributed by atoms with Gasteiger partial charge in [0.1, 0.15) is 5.78 Å². The third-order valence-electron chi connectivity index (χ3n) is 3.28. The lowest BCUT2D eigenvalue weighted by molar-refractivity contribution is -0.144. The topological polar surface area (TPSA) is 54.4 Å². The summed E-state index contributed by atoms with van der Waals surface area (Å²) in [6.07, 6.45) is 1.13. The number of hydrogen-bond acceptors (Lipinski definition) is 2. The maximum atomic E-state index is 11.5. The van der Waals surface area contributed by atoms with Crippen LogP contribution in [0.15, 0.2) is 24.3 Å². The minimum atomic E-state index is -0.822. The van der Waals surface area contributed by atoms with E-state index in [0.29, 0.717) is 24.3 Å². The molecular weight excluding hydrogens is 240 g/mol. The predicted octanol–water partition coefficient (Wildman–Crippen LogP) is 2.88. The van der Waals surface area contributed by atoms with E-state index in [0.717, 1.165) is 5.56 Å². The van der Waals surface area contributed by atoms with Crippen LogP contribution in [0.2, 0.25) is 5.02 Å². The van der Waals surface area contributed by atoms with E-state index >= 15 is 0 Å². The number of Topliss-reactive ketones (excluding diaryl/α,β-unsaturated/α-hetero) is 1. The van der Waals surface area contributed by atoms with Gasteiger partial charge in [0.15, 0.2) is 0 Å². The molecule has 0 spiro atoms. The lowest BCUT2D eigenvalue weighted by Gasteiger charge is -2.28. The van der Waals surface area contributed by atoms with Gasteiger partial charge in [-0.25, -0.2) is 0 Å². The second kappa shape index (κ2) is 4.88. The first-order valence-corrected chi connectivity index (χ1v) is 5.95. The van der Waals surface area contributed by atoms with Crippen LogP contribution in [-0.2, 0) is 9.59 Å². The van der Waals surface area contributed by atoms with Crippen molar-refractivity contribution in [1.82, 2.24) is 0 Å². The fourth-order valence-electron chi connectivity index (χ4n) is 2.36. The molecule has 1 saturated carbocycles. The van der Waals surface area contributed by atoms with Gasteiger partial charge in [0.2, 0.25) is 0 Å². The lowest BCUT2D eigenvalue weighted by atomic mass is 9.75. The van der Waals surface area contributed by atoms with E-state index in [1.807, 2.05) is 12.1 Å². The Morgan fingerprint density at radius 1 is 1.29 bits per heavy atom. The second-order valence-electron chi connectivity index (χ2n) is 4.38. The van der Waals surface area contributed by atoms with Crippen molar-refractivity contribution in [3.8, 4) is 0 Å². The maximum absolute atomic E-state index is 11.5. The number of carbonyl (C=O) groups excluding carboxylic acids is 1. The summed E-state index contributed by atoms with van der Waals surface area (Å²) in [5.41, 5.74) is 0.884. The molecule has 0 aromatic heterocycles. The standard InChI is InChI=1S/C13H13ClO3/c14-9-3-1-8(2-4-9)12-7-10(15)5-6-11(12)13(16)17/h1-4,11-12H,5-7H2,(H,16,17). The molecule has 17 heavy (non-hydrogen) atoms. The zero-order chi connectivity index (χ0) is 12.4. The van der Waals surface area contributed by atoms with Crippen molar-refractivity contribution in [2.75, 3.05) is 0 Å². The van der Waals surface area contributed by atoms with E-state index in [1.54, 1.807) is 12.1 Å². The normalized spacial score (nSPS) is 24.6. The van der Waals surface area contributed by atoms with Crippen LogP contribution < -0.4 is 0 Å².